The third-order valence-electron chi connectivity index (χ3n) is 4.34. The first-order valence-corrected chi connectivity index (χ1v) is 8.53. The zero-order valence-corrected chi connectivity index (χ0v) is 15.6. The number of benzene rings is 1. The molecule has 2 rings (SSSR count). The number of carbonyl (C=O) groups excluding carboxylic acids is 2. The van der Waals surface area contributed by atoms with Gasteiger partial charge in [0.05, 0.1) is 20.3 Å². The molecule has 0 aliphatic carbocycles. The molecule has 144 valence electrons. The van der Waals surface area contributed by atoms with Gasteiger partial charge in [-0.15, -0.1) is 0 Å². The van der Waals surface area contributed by atoms with Gasteiger partial charge < -0.3 is 21.9 Å². The Hall–Kier alpha value is -3.20. The maximum Gasteiger partial charge on any atom is 0.331 e. The first-order chi connectivity index (χ1) is 12.7. The molecule has 1 aromatic heterocycles. The van der Waals surface area contributed by atoms with Crippen LogP contribution < -0.4 is 21.3 Å². The maximum atomic E-state index is 11.9. The van der Waals surface area contributed by atoms with Crippen LogP contribution in [0.15, 0.2) is 30.5 Å². The molecule has 2 aromatic rings. The highest BCUT2D eigenvalue weighted by atomic mass is 16.3. The number of aromatic hydroxyl groups is 1. The summed E-state index contributed by atoms with van der Waals surface area (Å²) in [4.78, 5) is 32.4. The number of hydrogen-bond acceptors (Lipinski definition) is 6. The first-order valence-electron chi connectivity index (χ1n) is 8.53. The fourth-order valence-electron chi connectivity index (χ4n) is 2.84. The predicted octanol–water partition coefficient (Wildman–Crippen LogP) is 1.25. The molecule has 0 radical (unpaired) electrons. The minimum absolute atomic E-state index is 0.0247. The van der Waals surface area contributed by atoms with E-state index < -0.39 is 17.9 Å². The van der Waals surface area contributed by atoms with Crippen molar-refractivity contribution in [3.63, 3.8) is 0 Å². The lowest BCUT2D eigenvalue weighted by Gasteiger charge is -2.33. The zero-order chi connectivity index (χ0) is 20.2. The summed E-state index contributed by atoms with van der Waals surface area (Å²) in [5.41, 5.74) is 11.6. The molecule has 0 aliphatic heterocycles. The van der Waals surface area contributed by atoms with Crippen LogP contribution in [-0.4, -0.2) is 47.0 Å². The van der Waals surface area contributed by atoms with E-state index >= 15 is 0 Å². The van der Waals surface area contributed by atoms with E-state index in [1.807, 2.05) is 6.92 Å². The Morgan fingerprint density at radius 3 is 2.56 bits per heavy atom. The second kappa shape index (κ2) is 8.00. The molecule has 1 atom stereocenters. The lowest BCUT2D eigenvalue weighted by atomic mass is 10.1. The van der Waals surface area contributed by atoms with Gasteiger partial charge in [0.25, 0.3) is 11.8 Å². The van der Waals surface area contributed by atoms with Crippen molar-refractivity contribution in [1.82, 2.24) is 14.5 Å². The fourth-order valence-corrected chi connectivity index (χ4v) is 2.84. The van der Waals surface area contributed by atoms with Gasteiger partial charge in [-0.1, -0.05) is 13.0 Å². The molecule has 0 aliphatic rings. The van der Waals surface area contributed by atoms with Crippen LogP contribution in [-0.2, 0) is 4.79 Å². The smallest absolute Gasteiger partial charge is 0.331 e. The molecular formula is C18H25N6O3+. The van der Waals surface area contributed by atoms with E-state index in [1.165, 1.54) is 18.3 Å². The molecule has 1 unspecified atom stereocenters. The highest BCUT2D eigenvalue weighted by Gasteiger charge is 2.37. The van der Waals surface area contributed by atoms with Crippen LogP contribution in [0.3, 0.4) is 0 Å². The first kappa shape index (κ1) is 20.1. The van der Waals surface area contributed by atoms with Crippen LogP contribution in [0.1, 0.15) is 30.1 Å². The zero-order valence-electron chi connectivity index (χ0n) is 15.6. The van der Waals surface area contributed by atoms with Gasteiger partial charge in [-0.2, -0.15) is 9.97 Å². The molecule has 6 N–H and O–H groups in total. The molecule has 2 amide bonds. The van der Waals surface area contributed by atoms with E-state index in [1.54, 1.807) is 26.2 Å². The Morgan fingerprint density at radius 1 is 1.30 bits per heavy atom. The molecule has 1 aromatic carbocycles. The van der Waals surface area contributed by atoms with Crippen molar-refractivity contribution in [3.05, 3.63) is 36.0 Å². The number of nitrogens with zero attached hydrogens (tertiary/aromatic N) is 3. The van der Waals surface area contributed by atoms with E-state index in [-0.39, 0.29) is 21.6 Å². The lowest BCUT2D eigenvalue weighted by Crippen LogP contribution is -2.57. The van der Waals surface area contributed by atoms with E-state index in [0.29, 0.717) is 18.1 Å². The SMILES string of the molecule is CCCC(C(N)=O)[N+](C)(C)c1ncc(C(N)=O)c(Nc2cccc(O)c2)n1. The summed E-state index contributed by atoms with van der Waals surface area (Å²) >= 11 is 0. The van der Waals surface area contributed by atoms with Crippen LogP contribution in [0.5, 0.6) is 5.75 Å². The third kappa shape index (κ3) is 4.50. The molecule has 9 nitrogen and oxygen atoms in total. The second-order valence-corrected chi connectivity index (χ2v) is 6.72. The van der Waals surface area contributed by atoms with Crippen molar-refractivity contribution in [1.29, 1.82) is 0 Å². The third-order valence-corrected chi connectivity index (χ3v) is 4.34. The Balaban J connectivity index is 2.50. The monoisotopic (exact) mass is 373 g/mol. The molecular weight excluding hydrogens is 348 g/mol. The van der Waals surface area contributed by atoms with E-state index in [2.05, 4.69) is 15.3 Å². The Kier molecular flexibility index (Phi) is 5.96. The van der Waals surface area contributed by atoms with Gasteiger partial charge in [0, 0.05) is 18.2 Å². The molecule has 0 spiro atoms. The number of phenols is 1. The van der Waals surface area contributed by atoms with Crippen molar-refractivity contribution >= 4 is 29.3 Å². The number of amides is 2. The summed E-state index contributed by atoms with van der Waals surface area (Å²) in [6, 6.07) is 5.83. The molecule has 1 heterocycles. The van der Waals surface area contributed by atoms with Crippen molar-refractivity contribution in [2.75, 3.05) is 19.4 Å². The summed E-state index contributed by atoms with van der Waals surface area (Å²) in [5, 5.41) is 12.6. The van der Waals surface area contributed by atoms with Crippen molar-refractivity contribution in [3.8, 4) is 5.75 Å². The average Bonchev–Trinajstić information content (AvgIpc) is 2.59. The van der Waals surface area contributed by atoms with Crippen molar-refractivity contribution < 1.29 is 14.7 Å². The number of nitrogens with two attached hydrogens (primary N) is 2. The van der Waals surface area contributed by atoms with Gasteiger partial charge in [0.15, 0.2) is 11.9 Å². The molecule has 0 saturated heterocycles. The van der Waals surface area contributed by atoms with Crippen LogP contribution >= 0.6 is 0 Å². The van der Waals surface area contributed by atoms with Crippen LogP contribution in [0.2, 0.25) is 0 Å². The quantitative estimate of drug-likeness (QED) is 0.513. The molecule has 9 heteroatoms. The summed E-state index contributed by atoms with van der Waals surface area (Å²) < 4.78 is 0.0247. The minimum atomic E-state index is -0.700. The van der Waals surface area contributed by atoms with Gasteiger partial charge >= 0.3 is 5.95 Å². The number of anilines is 2. The van der Waals surface area contributed by atoms with E-state index in [9.17, 15) is 14.7 Å². The number of phenolic OH excluding ortho intramolecular Hbond substituents is 1. The Morgan fingerprint density at radius 2 is 2.00 bits per heavy atom. The van der Waals surface area contributed by atoms with Gasteiger partial charge in [-0.05, 0) is 18.6 Å². The lowest BCUT2D eigenvalue weighted by molar-refractivity contribution is -0.122. The number of hydrogen-bond donors (Lipinski definition) is 4. The number of aromatic nitrogens is 2. The Labute approximate surface area is 157 Å². The van der Waals surface area contributed by atoms with E-state index in [0.717, 1.165) is 6.42 Å². The number of rotatable bonds is 8. The topological polar surface area (TPSA) is 144 Å². The maximum absolute atomic E-state index is 11.9. The minimum Gasteiger partial charge on any atom is -0.508 e. The second-order valence-electron chi connectivity index (χ2n) is 6.72. The van der Waals surface area contributed by atoms with Crippen LogP contribution in [0.25, 0.3) is 0 Å². The number of carbonyl (C=O) groups is 2. The number of nitrogens with one attached hydrogen (secondary N) is 1. The summed E-state index contributed by atoms with van der Waals surface area (Å²) in [6.45, 7) is 1.96. The van der Waals surface area contributed by atoms with Crippen LogP contribution in [0, 0.1) is 0 Å². The largest absolute Gasteiger partial charge is 0.508 e. The highest BCUT2D eigenvalue weighted by molar-refractivity contribution is 5.98. The van der Waals surface area contributed by atoms with E-state index in [4.69, 9.17) is 11.5 Å². The standard InChI is InChI=1S/C18H24N6O3/c1-4-6-14(16(20)27)24(2,3)18-21-10-13(15(19)26)17(23-18)22-11-7-5-8-12(25)9-11/h5,7-10,14H,4,6H2,1-3H3,(H5-,19,20,21,22,23,25,26,27)/p+1. The highest BCUT2D eigenvalue weighted by Crippen LogP contribution is 2.26. The summed E-state index contributed by atoms with van der Waals surface area (Å²) in [6.07, 6.45) is 2.65. The van der Waals surface area contributed by atoms with Crippen molar-refractivity contribution in [2.24, 2.45) is 11.5 Å². The number of primary amides is 2. The number of likely N-dealkylation sites (N-methyl/N-ethyl adjacent to an activating group) is 1. The predicted molar refractivity (Wildman–Crippen MR) is 103 cm³/mol. The van der Waals surface area contributed by atoms with Crippen molar-refractivity contribution in [2.45, 2.75) is 25.8 Å². The number of quaternary nitrogens is 1. The van der Waals surface area contributed by atoms with Gasteiger partial charge in [-0.3, -0.25) is 14.1 Å². The summed E-state index contributed by atoms with van der Waals surface area (Å²) in [5.74, 6) is -0.604. The molecule has 27 heavy (non-hydrogen) atoms. The van der Waals surface area contributed by atoms with Gasteiger partial charge in [-0.25, -0.2) is 0 Å². The Bertz CT molecular complexity index is 853. The average molecular weight is 373 g/mol. The van der Waals surface area contributed by atoms with Gasteiger partial charge in [0.2, 0.25) is 0 Å². The normalized spacial score (nSPS) is 12.4. The molecule has 0 saturated carbocycles. The molecule has 0 bridgehead atoms. The summed E-state index contributed by atoms with van der Waals surface area (Å²) in [7, 11) is 3.56. The van der Waals surface area contributed by atoms with Gasteiger partial charge in [0.1, 0.15) is 11.3 Å². The van der Waals surface area contributed by atoms with Crippen LogP contribution in [0.4, 0.5) is 17.5 Å². The molecule has 0 fully saturated rings. The fraction of sp³-hybridized carbons (Fsp3) is 0.333.